The second-order valence-corrected chi connectivity index (χ2v) is 6.50. The maximum Gasteiger partial charge on any atom is 0.416 e. The molecule has 0 spiro atoms. The number of halogens is 3. The van der Waals surface area contributed by atoms with Crippen LogP contribution in [0.2, 0.25) is 0 Å². The standard InChI is InChI=1S/C20H18F3N3O2/c1-11(10-27)24-19(28)14-5-8-16-12(2)25-18(26-17(16)9-14)13-3-6-15(7-4-13)20(21,22)23/h3-9,11,27H,10H2,1-2H3,(H,24,28)/t11-/m1/s1. The van der Waals surface area contributed by atoms with Crippen LogP contribution in [-0.2, 0) is 6.18 Å². The molecule has 1 atom stereocenters. The molecule has 28 heavy (non-hydrogen) atoms. The average molecular weight is 389 g/mol. The number of amides is 1. The van der Waals surface area contributed by atoms with Gasteiger partial charge in [-0.15, -0.1) is 0 Å². The van der Waals surface area contributed by atoms with Crippen molar-refractivity contribution in [3.05, 3.63) is 59.3 Å². The molecule has 146 valence electrons. The minimum Gasteiger partial charge on any atom is -0.394 e. The fraction of sp³-hybridized carbons (Fsp3) is 0.250. The van der Waals surface area contributed by atoms with Gasteiger partial charge in [0.05, 0.1) is 17.7 Å². The van der Waals surface area contributed by atoms with Crippen LogP contribution in [0.25, 0.3) is 22.3 Å². The van der Waals surface area contributed by atoms with Crippen LogP contribution >= 0.6 is 0 Å². The fourth-order valence-electron chi connectivity index (χ4n) is 2.72. The lowest BCUT2D eigenvalue weighted by atomic mass is 10.1. The number of nitrogens with zero attached hydrogens (tertiary/aromatic N) is 2. The van der Waals surface area contributed by atoms with E-state index in [0.717, 1.165) is 17.5 Å². The van der Waals surface area contributed by atoms with E-state index in [0.29, 0.717) is 22.3 Å². The van der Waals surface area contributed by atoms with Gasteiger partial charge in [0, 0.05) is 28.2 Å². The van der Waals surface area contributed by atoms with E-state index in [4.69, 9.17) is 5.11 Å². The second-order valence-electron chi connectivity index (χ2n) is 6.50. The minimum absolute atomic E-state index is 0.182. The lowest BCUT2D eigenvalue weighted by Gasteiger charge is -2.12. The van der Waals surface area contributed by atoms with Gasteiger partial charge in [-0.05, 0) is 38.1 Å². The third-order valence-corrected chi connectivity index (χ3v) is 4.27. The van der Waals surface area contributed by atoms with Crippen molar-refractivity contribution in [1.29, 1.82) is 0 Å². The number of carbonyl (C=O) groups is 1. The number of hydrogen-bond donors (Lipinski definition) is 2. The average Bonchev–Trinajstić information content (AvgIpc) is 2.66. The Morgan fingerprint density at radius 3 is 2.43 bits per heavy atom. The molecule has 0 saturated carbocycles. The van der Waals surface area contributed by atoms with Crippen molar-refractivity contribution in [3.8, 4) is 11.4 Å². The zero-order valence-electron chi connectivity index (χ0n) is 15.2. The van der Waals surface area contributed by atoms with E-state index in [2.05, 4.69) is 15.3 Å². The number of aliphatic hydroxyl groups excluding tert-OH is 1. The predicted molar refractivity (Wildman–Crippen MR) is 98.7 cm³/mol. The van der Waals surface area contributed by atoms with E-state index in [1.807, 2.05) is 0 Å². The topological polar surface area (TPSA) is 75.1 Å². The fourth-order valence-corrected chi connectivity index (χ4v) is 2.72. The summed E-state index contributed by atoms with van der Waals surface area (Å²) in [6.45, 7) is 3.26. The van der Waals surface area contributed by atoms with Crippen LogP contribution in [0.1, 0.15) is 28.5 Å². The number of carbonyl (C=O) groups excluding carboxylic acids is 1. The Labute approximate surface area is 159 Å². The molecule has 0 radical (unpaired) electrons. The van der Waals surface area contributed by atoms with E-state index in [-0.39, 0.29) is 18.3 Å². The van der Waals surface area contributed by atoms with Crippen molar-refractivity contribution >= 4 is 16.8 Å². The number of benzene rings is 2. The SMILES string of the molecule is Cc1nc(-c2ccc(C(F)(F)F)cc2)nc2cc(C(=O)N[C@H](C)CO)ccc12. The Morgan fingerprint density at radius 1 is 1.14 bits per heavy atom. The Hall–Kier alpha value is -3.00. The molecule has 1 aromatic heterocycles. The Bertz CT molecular complexity index is 1020. The number of rotatable bonds is 4. The number of aromatic nitrogens is 2. The number of alkyl halides is 3. The number of aryl methyl sites for hydroxylation is 1. The van der Waals surface area contributed by atoms with Crippen LogP contribution in [0.15, 0.2) is 42.5 Å². The molecule has 3 aromatic rings. The molecule has 2 N–H and O–H groups in total. The normalized spacial score (nSPS) is 12.8. The molecular formula is C20H18F3N3O2. The summed E-state index contributed by atoms with van der Waals surface area (Å²) in [5.41, 5.74) is 1.22. The van der Waals surface area contributed by atoms with Gasteiger partial charge in [0.1, 0.15) is 0 Å². The molecule has 3 rings (SSSR count). The summed E-state index contributed by atoms with van der Waals surface area (Å²) in [5.74, 6) is -0.0733. The smallest absolute Gasteiger partial charge is 0.394 e. The van der Waals surface area contributed by atoms with Gasteiger partial charge in [-0.3, -0.25) is 4.79 Å². The van der Waals surface area contributed by atoms with Gasteiger partial charge in [0.15, 0.2) is 5.82 Å². The number of aliphatic hydroxyl groups is 1. The Morgan fingerprint density at radius 2 is 1.82 bits per heavy atom. The minimum atomic E-state index is -4.41. The van der Waals surface area contributed by atoms with E-state index >= 15 is 0 Å². The molecule has 1 heterocycles. The summed E-state index contributed by atoms with van der Waals surface area (Å²) in [7, 11) is 0. The zero-order chi connectivity index (χ0) is 20.5. The van der Waals surface area contributed by atoms with E-state index in [9.17, 15) is 18.0 Å². The first-order chi connectivity index (χ1) is 13.2. The number of fused-ring (bicyclic) bond motifs is 1. The van der Waals surface area contributed by atoms with Gasteiger partial charge < -0.3 is 10.4 Å². The highest BCUT2D eigenvalue weighted by atomic mass is 19.4. The quantitative estimate of drug-likeness (QED) is 0.713. The van der Waals surface area contributed by atoms with E-state index < -0.39 is 17.8 Å². The van der Waals surface area contributed by atoms with Crippen LogP contribution in [0.5, 0.6) is 0 Å². The molecule has 2 aromatic carbocycles. The highest BCUT2D eigenvalue weighted by Gasteiger charge is 2.30. The summed E-state index contributed by atoms with van der Waals surface area (Å²) in [5, 5.41) is 12.5. The molecular weight excluding hydrogens is 371 g/mol. The summed E-state index contributed by atoms with van der Waals surface area (Å²) in [6, 6.07) is 9.17. The largest absolute Gasteiger partial charge is 0.416 e. The molecule has 0 fully saturated rings. The van der Waals surface area contributed by atoms with Crippen molar-refractivity contribution in [2.45, 2.75) is 26.1 Å². The summed E-state index contributed by atoms with van der Waals surface area (Å²) in [6.07, 6.45) is -4.41. The van der Waals surface area contributed by atoms with Crippen LogP contribution in [0.4, 0.5) is 13.2 Å². The van der Waals surface area contributed by atoms with Crippen molar-refractivity contribution < 1.29 is 23.1 Å². The van der Waals surface area contributed by atoms with Gasteiger partial charge in [-0.2, -0.15) is 13.2 Å². The van der Waals surface area contributed by atoms with Crippen LogP contribution in [-0.4, -0.2) is 33.6 Å². The Balaban J connectivity index is 1.99. The molecule has 0 aliphatic heterocycles. The molecule has 0 bridgehead atoms. The third kappa shape index (κ3) is 4.12. The van der Waals surface area contributed by atoms with E-state index in [1.54, 1.807) is 32.0 Å². The molecule has 0 aliphatic carbocycles. The van der Waals surface area contributed by atoms with Gasteiger partial charge in [0.2, 0.25) is 0 Å². The highest BCUT2D eigenvalue weighted by Crippen LogP contribution is 2.31. The lowest BCUT2D eigenvalue weighted by molar-refractivity contribution is -0.137. The summed E-state index contributed by atoms with van der Waals surface area (Å²) in [4.78, 5) is 21.0. The summed E-state index contributed by atoms with van der Waals surface area (Å²) >= 11 is 0. The van der Waals surface area contributed by atoms with Crippen molar-refractivity contribution in [2.24, 2.45) is 0 Å². The van der Waals surface area contributed by atoms with Crippen LogP contribution in [0.3, 0.4) is 0 Å². The molecule has 5 nitrogen and oxygen atoms in total. The first-order valence-corrected chi connectivity index (χ1v) is 8.57. The van der Waals surface area contributed by atoms with Crippen LogP contribution < -0.4 is 5.32 Å². The maximum atomic E-state index is 12.7. The molecule has 0 saturated heterocycles. The first-order valence-electron chi connectivity index (χ1n) is 8.57. The van der Waals surface area contributed by atoms with Crippen molar-refractivity contribution in [1.82, 2.24) is 15.3 Å². The molecule has 1 amide bonds. The monoisotopic (exact) mass is 389 g/mol. The van der Waals surface area contributed by atoms with Gasteiger partial charge >= 0.3 is 6.18 Å². The van der Waals surface area contributed by atoms with Crippen molar-refractivity contribution in [3.63, 3.8) is 0 Å². The number of nitrogens with one attached hydrogen (secondary N) is 1. The first kappa shape index (κ1) is 19.8. The van der Waals surface area contributed by atoms with E-state index in [1.165, 1.54) is 12.1 Å². The number of hydrogen-bond acceptors (Lipinski definition) is 4. The Kier molecular flexibility index (Phi) is 5.33. The van der Waals surface area contributed by atoms with Crippen LogP contribution in [0, 0.1) is 6.92 Å². The maximum absolute atomic E-state index is 12.7. The molecule has 0 unspecified atom stereocenters. The van der Waals surface area contributed by atoms with Crippen molar-refractivity contribution in [2.75, 3.05) is 6.61 Å². The zero-order valence-corrected chi connectivity index (χ0v) is 15.2. The predicted octanol–water partition coefficient (Wildman–Crippen LogP) is 3.73. The second kappa shape index (κ2) is 7.55. The van der Waals surface area contributed by atoms with Gasteiger partial charge in [0.25, 0.3) is 5.91 Å². The summed E-state index contributed by atoms with van der Waals surface area (Å²) < 4.78 is 38.2. The lowest BCUT2D eigenvalue weighted by Crippen LogP contribution is -2.34. The van der Waals surface area contributed by atoms with Gasteiger partial charge in [-0.25, -0.2) is 9.97 Å². The van der Waals surface area contributed by atoms with Gasteiger partial charge in [-0.1, -0.05) is 18.2 Å². The highest BCUT2D eigenvalue weighted by molar-refractivity contribution is 5.98. The molecule has 0 aliphatic rings. The third-order valence-electron chi connectivity index (χ3n) is 4.27. The molecule has 8 heteroatoms.